The van der Waals surface area contributed by atoms with Gasteiger partial charge in [-0.05, 0) is 69.8 Å². The molecule has 2 heterocycles. The van der Waals surface area contributed by atoms with Crippen LogP contribution >= 0.6 is 0 Å². The van der Waals surface area contributed by atoms with E-state index in [4.69, 9.17) is 9.84 Å². The van der Waals surface area contributed by atoms with E-state index in [1.54, 1.807) is 5.01 Å². The van der Waals surface area contributed by atoms with Gasteiger partial charge in [-0.1, -0.05) is 42.0 Å². The van der Waals surface area contributed by atoms with E-state index in [0.717, 1.165) is 47.4 Å². The van der Waals surface area contributed by atoms with Crippen LogP contribution in [0.5, 0.6) is 0 Å². The van der Waals surface area contributed by atoms with Gasteiger partial charge in [-0.25, -0.2) is 5.01 Å². The lowest BCUT2D eigenvalue weighted by Crippen LogP contribution is -2.44. The number of hydrazone groups is 1. The Morgan fingerprint density at radius 3 is 2.65 bits per heavy atom. The van der Waals surface area contributed by atoms with E-state index in [9.17, 15) is 9.59 Å². The third-order valence-electron chi connectivity index (χ3n) is 6.90. The predicted molar refractivity (Wildman–Crippen MR) is 134 cm³/mol. The number of aryl methyl sites for hydroxylation is 3. The number of piperidine rings is 1. The topological polar surface area (TPSA) is 62.2 Å². The molecule has 2 aliphatic rings. The Hall–Kier alpha value is -2.99. The molecule has 0 aliphatic carbocycles. The minimum atomic E-state index is -0.166. The van der Waals surface area contributed by atoms with Gasteiger partial charge in [-0.15, -0.1) is 0 Å². The van der Waals surface area contributed by atoms with Crippen LogP contribution < -0.4 is 0 Å². The molecular formula is C28H35N3O3. The Morgan fingerprint density at radius 1 is 1.09 bits per heavy atom. The van der Waals surface area contributed by atoms with Gasteiger partial charge < -0.3 is 4.74 Å². The summed E-state index contributed by atoms with van der Waals surface area (Å²) in [6, 6.07) is 14.5. The summed E-state index contributed by atoms with van der Waals surface area (Å²) in [7, 11) is 0. The average molecular weight is 462 g/mol. The van der Waals surface area contributed by atoms with Crippen molar-refractivity contribution in [2.45, 2.75) is 53.0 Å². The van der Waals surface area contributed by atoms with E-state index in [0.29, 0.717) is 19.6 Å². The Balaban J connectivity index is 1.58. The molecule has 0 saturated carbocycles. The zero-order chi connectivity index (χ0) is 24.2. The second kappa shape index (κ2) is 10.5. The molecule has 2 aromatic carbocycles. The molecule has 1 amide bonds. The fourth-order valence-corrected chi connectivity index (χ4v) is 5.07. The highest BCUT2D eigenvalue weighted by Gasteiger charge is 2.36. The van der Waals surface area contributed by atoms with Crippen LogP contribution in [-0.2, 0) is 14.3 Å². The Morgan fingerprint density at radius 2 is 1.88 bits per heavy atom. The fourth-order valence-electron chi connectivity index (χ4n) is 5.07. The smallest absolute Gasteiger partial charge is 0.310 e. The van der Waals surface area contributed by atoms with E-state index in [2.05, 4.69) is 56.0 Å². The van der Waals surface area contributed by atoms with Gasteiger partial charge in [0.05, 0.1) is 30.8 Å². The van der Waals surface area contributed by atoms with Crippen molar-refractivity contribution in [3.8, 4) is 0 Å². The molecule has 4 rings (SSSR count). The molecule has 0 bridgehead atoms. The Kier molecular flexibility index (Phi) is 7.47. The second-order valence-corrected chi connectivity index (χ2v) is 9.51. The molecular weight excluding hydrogens is 426 g/mol. The van der Waals surface area contributed by atoms with Gasteiger partial charge in [0.15, 0.2) is 0 Å². The van der Waals surface area contributed by atoms with Gasteiger partial charge in [0.25, 0.3) is 5.91 Å². The maximum Gasteiger partial charge on any atom is 0.310 e. The zero-order valence-corrected chi connectivity index (χ0v) is 20.7. The molecule has 0 unspecified atom stereocenters. The lowest BCUT2D eigenvalue weighted by Gasteiger charge is -2.32. The monoisotopic (exact) mass is 461 g/mol. The second-order valence-electron chi connectivity index (χ2n) is 9.51. The number of rotatable bonds is 6. The van der Waals surface area contributed by atoms with Crippen molar-refractivity contribution >= 4 is 17.6 Å². The summed E-state index contributed by atoms with van der Waals surface area (Å²) in [6.07, 6.45) is 2.38. The molecule has 0 spiro atoms. The molecule has 2 atom stereocenters. The molecule has 1 saturated heterocycles. The molecule has 2 aromatic rings. The quantitative estimate of drug-likeness (QED) is 0.592. The summed E-state index contributed by atoms with van der Waals surface area (Å²) < 4.78 is 5.22. The van der Waals surface area contributed by atoms with Gasteiger partial charge in [-0.3, -0.25) is 14.5 Å². The van der Waals surface area contributed by atoms with Crippen molar-refractivity contribution in [1.29, 1.82) is 0 Å². The molecule has 1 fully saturated rings. The molecule has 0 N–H and O–H groups in total. The standard InChI is InChI=1S/C28H35N3O3/c1-5-34-28(33)22-10-8-14-30(17-22)18-27(32)31-26(23-11-7-6-9-20(23)3)16-25(29-31)24-15-19(2)12-13-21(24)4/h6-7,9,11-13,15,22,26H,5,8,10,14,16-18H2,1-4H3/t22-,26+/m0/s1. The van der Waals surface area contributed by atoms with Gasteiger partial charge >= 0.3 is 5.97 Å². The first-order chi connectivity index (χ1) is 16.4. The van der Waals surface area contributed by atoms with Crippen LogP contribution in [0.2, 0.25) is 0 Å². The number of benzene rings is 2. The first kappa shape index (κ1) is 24.1. The molecule has 2 aliphatic heterocycles. The van der Waals surface area contributed by atoms with Crippen LogP contribution in [0.25, 0.3) is 0 Å². The summed E-state index contributed by atoms with van der Waals surface area (Å²) >= 11 is 0. The summed E-state index contributed by atoms with van der Waals surface area (Å²) in [4.78, 5) is 27.9. The number of likely N-dealkylation sites (tertiary alicyclic amines) is 1. The van der Waals surface area contributed by atoms with E-state index in [1.165, 1.54) is 5.56 Å². The first-order valence-corrected chi connectivity index (χ1v) is 12.3. The third-order valence-corrected chi connectivity index (χ3v) is 6.90. The van der Waals surface area contributed by atoms with Crippen LogP contribution in [0.4, 0.5) is 0 Å². The van der Waals surface area contributed by atoms with Gasteiger partial charge in [0.2, 0.25) is 0 Å². The summed E-state index contributed by atoms with van der Waals surface area (Å²) in [5.41, 5.74) is 6.68. The maximum atomic E-state index is 13.6. The number of esters is 1. The van der Waals surface area contributed by atoms with Crippen molar-refractivity contribution in [3.63, 3.8) is 0 Å². The normalized spacial score (nSPS) is 20.8. The van der Waals surface area contributed by atoms with Crippen molar-refractivity contribution in [2.75, 3.05) is 26.2 Å². The van der Waals surface area contributed by atoms with E-state index < -0.39 is 0 Å². The minimum absolute atomic E-state index is 0.0296. The fraction of sp³-hybridized carbons (Fsp3) is 0.464. The van der Waals surface area contributed by atoms with E-state index in [1.807, 2.05) is 19.1 Å². The Labute approximate surface area is 202 Å². The Bertz CT molecular complexity index is 1090. The van der Waals surface area contributed by atoms with Gasteiger partial charge in [-0.2, -0.15) is 5.10 Å². The van der Waals surface area contributed by atoms with Gasteiger partial charge in [0.1, 0.15) is 0 Å². The highest BCUT2D eigenvalue weighted by atomic mass is 16.5. The average Bonchev–Trinajstić information content (AvgIpc) is 3.26. The SMILES string of the molecule is CCOC(=O)[C@H]1CCCN(CC(=O)N2N=C(c3cc(C)ccc3C)C[C@@H]2c2ccccc2C)C1. The summed E-state index contributed by atoms with van der Waals surface area (Å²) in [5, 5.41) is 6.58. The molecule has 0 radical (unpaired) electrons. The van der Waals surface area contributed by atoms with Crippen LogP contribution in [0, 0.1) is 26.7 Å². The van der Waals surface area contributed by atoms with Crippen molar-refractivity contribution in [1.82, 2.24) is 9.91 Å². The van der Waals surface area contributed by atoms with Crippen LogP contribution in [0.15, 0.2) is 47.6 Å². The van der Waals surface area contributed by atoms with E-state index >= 15 is 0 Å². The molecule has 6 nitrogen and oxygen atoms in total. The van der Waals surface area contributed by atoms with Gasteiger partial charge in [0, 0.05) is 18.5 Å². The number of carbonyl (C=O) groups excluding carboxylic acids is 2. The number of ether oxygens (including phenoxy) is 1. The zero-order valence-electron chi connectivity index (χ0n) is 20.7. The maximum absolute atomic E-state index is 13.6. The first-order valence-electron chi connectivity index (χ1n) is 12.3. The molecule has 0 aromatic heterocycles. The van der Waals surface area contributed by atoms with Crippen molar-refractivity contribution in [3.05, 3.63) is 70.3 Å². The lowest BCUT2D eigenvalue weighted by atomic mass is 9.93. The van der Waals surface area contributed by atoms with E-state index in [-0.39, 0.29) is 30.4 Å². The molecule has 6 heteroatoms. The number of amides is 1. The highest BCUT2D eigenvalue weighted by Crippen LogP contribution is 2.35. The number of hydrogen-bond donors (Lipinski definition) is 0. The summed E-state index contributed by atoms with van der Waals surface area (Å²) in [6.45, 7) is 10.1. The van der Waals surface area contributed by atoms with Crippen LogP contribution in [-0.4, -0.2) is 53.7 Å². The minimum Gasteiger partial charge on any atom is -0.466 e. The lowest BCUT2D eigenvalue weighted by molar-refractivity contribution is -0.150. The molecule has 180 valence electrons. The number of nitrogens with zero attached hydrogens (tertiary/aromatic N) is 3. The molecule has 34 heavy (non-hydrogen) atoms. The van der Waals surface area contributed by atoms with Crippen LogP contribution in [0.3, 0.4) is 0 Å². The van der Waals surface area contributed by atoms with Crippen LogP contribution in [0.1, 0.15) is 60.0 Å². The highest BCUT2D eigenvalue weighted by molar-refractivity contribution is 6.04. The predicted octanol–water partition coefficient (Wildman–Crippen LogP) is 4.56. The third kappa shape index (κ3) is 5.22. The van der Waals surface area contributed by atoms with Crippen molar-refractivity contribution in [2.24, 2.45) is 11.0 Å². The summed E-state index contributed by atoms with van der Waals surface area (Å²) in [5.74, 6) is -0.354. The number of hydrogen-bond acceptors (Lipinski definition) is 5. The largest absolute Gasteiger partial charge is 0.466 e. The number of carbonyl (C=O) groups is 2. The van der Waals surface area contributed by atoms with Crippen molar-refractivity contribution < 1.29 is 14.3 Å².